The standard InChI is InChI=1S/C19H21NO5/c1-2-3-4-6-13-9-10-17(16(21)11-13)25-15-8-5-7-14(12-15)20-18(22)19(23)24/h5,7-12,21H,2-4,6H2,1H3,(H,20,22)(H,23,24). The van der Waals surface area contributed by atoms with Crippen molar-refractivity contribution in [3.05, 3.63) is 48.0 Å². The van der Waals surface area contributed by atoms with Crippen LogP contribution in [0, 0.1) is 0 Å². The number of carboxylic acids is 1. The summed E-state index contributed by atoms with van der Waals surface area (Å²) < 4.78 is 5.62. The van der Waals surface area contributed by atoms with Gasteiger partial charge in [0, 0.05) is 11.8 Å². The van der Waals surface area contributed by atoms with E-state index in [1.165, 1.54) is 6.07 Å². The third-order valence-electron chi connectivity index (χ3n) is 3.61. The lowest BCUT2D eigenvalue weighted by atomic mass is 10.1. The molecule has 0 aliphatic rings. The fraction of sp³-hybridized carbons (Fsp3) is 0.263. The van der Waals surface area contributed by atoms with Gasteiger partial charge in [0.1, 0.15) is 5.75 Å². The van der Waals surface area contributed by atoms with Crippen LogP contribution in [0.1, 0.15) is 31.7 Å². The lowest BCUT2D eigenvalue weighted by Crippen LogP contribution is -2.21. The minimum atomic E-state index is -1.57. The molecule has 6 heteroatoms. The predicted octanol–water partition coefficient (Wildman–Crippen LogP) is 3.94. The van der Waals surface area contributed by atoms with Gasteiger partial charge >= 0.3 is 11.9 Å². The molecule has 0 saturated carbocycles. The zero-order valence-corrected chi connectivity index (χ0v) is 14.0. The Hall–Kier alpha value is -3.02. The fourth-order valence-electron chi connectivity index (χ4n) is 2.33. The topological polar surface area (TPSA) is 95.9 Å². The molecular formula is C19H21NO5. The number of hydrogen-bond acceptors (Lipinski definition) is 4. The third kappa shape index (κ3) is 5.53. The summed E-state index contributed by atoms with van der Waals surface area (Å²) >= 11 is 0. The lowest BCUT2D eigenvalue weighted by Gasteiger charge is -2.10. The van der Waals surface area contributed by atoms with Crippen LogP contribution >= 0.6 is 0 Å². The first-order chi connectivity index (χ1) is 12.0. The van der Waals surface area contributed by atoms with E-state index in [0.29, 0.717) is 17.2 Å². The smallest absolute Gasteiger partial charge is 0.394 e. The Balaban J connectivity index is 2.06. The quantitative estimate of drug-likeness (QED) is 0.523. The Bertz CT molecular complexity index is 757. The van der Waals surface area contributed by atoms with Gasteiger partial charge in [0.15, 0.2) is 11.5 Å². The Morgan fingerprint density at radius 3 is 2.60 bits per heavy atom. The highest BCUT2D eigenvalue weighted by molar-refractivity contribution is 6.36. The van der Waals surface area contributed by atoms with Gasteiger partial charge in [-0.15, -0.1) is 0 Å². The van der Waals surface area contributed by atoms with Gasteiger partial charge in [-0.3, -0.25) is 4.79 Å². The maximum absolute atomic E-state index is 11.2. The molecule has 0 fully saturated rings. The molecule has 1 amide bonds. The van der Waals surface area contributed by atoms with Gasteiger partial charge in [0.25, 0.3) is 0 Å². The van der Waals surface area contributed by atoms with E-state index in [1.807, 2.05) is 6.07 Å². The number of phenolic OH excluding ortho intramolecular Hbond substituents is 1. The minimum absolute atomic E-state index is 0.0361. The molecule has 0 saturated heterocycles. The molecule has 6 nitrogen and oxygen atoms in total. The van der Waals surface area contributed by atoms with Crippen LogP contribution in [0.2, 0.25) is 0 Å². The second kappa shape index (κ2) is 8.73. The summed E-state index contributed by atoms with van der Waals surface area (Å²) in [6.45, 7) is 2.14. The van der Waals surface area contributed by atoms with Crippen molar-refractivity contribution in [2.75, 3.05) is 5.32 Å². The number of phenols is 1. The number of carbonyl (C=O) groups excluding carboxylic acids is 1. The van der Waals surface area contributed by atoms with E-state index in [9.17, 15) is 14.7 Å². The van der Waals surface area contributed by atoms with Gasteiger partial charge in [-0.25, -0.2) is 4.79 Å². The monoisotopic (exact) mass is 343 g/mol. The number of carboxylic acid groups (broad SMARTS) is 1. The molecule has 2 aromatic rings. The van der Waals surface area contributed by atoms with Crippen molar-refractivity contribution in [2.45, 2.75) is 32.6 Å². The van der Waals surface area contributed by atoms with Gasteiger partial charge in [-0.1, -0.05) is 31.9 Å². The maximum Gasteiger partial charge on any atom is 0.394 e. The molecule has 0 unspecified atom stereocenters. The summed E-state index contributed by atoms with van der Waals surface area (Å²) in [5.74, 6) is -1.99. The number of anilines is 1. The van der Waals surface area contributed by atoms with Crippen LogP contribution in [0.4, 0.5) is 5.69 Å². The maximum atomic E-state index is 11.2. The number of nitrogens with one attached hydrogen (secondary N) is 1. The predicted molar refractivity (Wildman–Crippen MR) is 94.1 cm³/mol. The van der Waals surface area contributed by atoms with Gasteiger partial charge in [-0.2, -0.15) is 0 Å². The molecule has 25 heavy (non-hydrogen) atoms. The number of aryl methyl sites for hydroxylation is 1. The zero-order chi connectivity index (χ0) is 18.2. The molecule has 0 heterocycles. The molecule has 3 N–H and O–H groups in total. The van der Waals surface area contributed by atoms with Crippen molar-refractivity contribution in [3.8, 4) is 17.2 Å². The molecular weight excluding hydrogens is 322 g/mol. The van der Waals surface area contributed by atoms with E-state index in [-0.39, 0.29) is 5.75 Å². The third-order valence-corrected chi connectivity index (χ3v) is 3.61. The Morgan fingerprint density at radius 2 is 1.92 bits per heavy atom. The molecule has 2 aromatic carbocycles. The average molecular weight is 343 g/mol. The summed E-state index contributed by atoms with van der Waals surface area (Å²) in [4.78, 5) is 21.8. The van der Waals surface area contributed by atoms with Crippen LogP contribution in [0.15, 0.2) is 42.5 Å². The van der Waals surface area contributed by atoms with E-state index >= 15 is 0 Å². The van der Waals surface area contributed by atoms with Crippen LogP contribution in [0.25, 0.3) is 0 Å². The van der Waals surface area contributed by atoms with E-state index < -0.39 is 11.9 Å². The number of unbranched alkanes of at least 4 members (excludes halogenated alkanes) is 2. The number of amides is 1. The minimum Gasteiger partial charge on any atom is -0.504 e. The van der Waals surface area contributed by atoms with E-state index in [4.69, 9.17) is 9.84 Å². The van der Waals surface area contributed by atoms with Gasteiger partial charge in [0.2, 0.25) is 0 Å². The second-order valence-corrected chi connectivity index (χ2v) is 5.65. The van der Waals surface area contributed by atoms with Crippen molar-refractivity contribution in [1.29, 1.82) is 0 Å². The number of hydrogen-bond donors (Lipinski definition) is 3. The van der Waals surface area contributed by atoms with Crippen LogP contribution < -0.4 is 10.1 Å². The van der Waals surface area contributed by atoms with Crippen LogP contribution in [-0.4, -0.2) is 22.1 Å². The molecule has 132 valence electrons. The normalized spacial score (nSPS) is 10.3. The zero-order valence-electron chi connectivity index (χ0n) is 14.0. The highest BCUT2D eigenvalue weighted by Crippen LogP contribution is 2.32. The summed E-state index contributed by atoms with van der Waals surface area (Å²) in [5, 5.41) is 21.0. The van der Waals surface area contributed by atoms with E-state index in [2.05, 4.69) is 12.2 Å². The van der Waals surface area contributed by atoms with Crippen molar-refractivity contribution >= 4 is 17.6 Å². The summed E-state index contributed by atoms with van der Waals surface area (Å²) in [6.07, 6.45) is 4.26. The molecule has 0 aliphatic heterocycles. The van der Waals surface area contributed by atoms with Crippen molar-refractivity contribution in [1.82, 2.24) is 0 Å². The van der Waals surface area contributed by atoms with Crippen LogP contribution in [0.3, 0.4) is 0 Å². The first kappa shape index (κ1) is 18.3. The number of aliphatic carboxylic acids is 1. The van der Waals surface area contributed by atoms with Gasteiger partial charge < -0.3 is 20.3 Å². The lowest BCUT2D eigenvalue weighted by molar-refractivity contribution is -0.147. The Morgan fingerprint density at radius 1 is 1.12 bits per heavy atom. The van der Waals surface area contributed by atoms with Gasteiger partial charge in [0.05, 0.1) is 0 Å². The summed E-state index contributed by atoms with van der Waals surface area (Å²) in [5.41, 5.74) is 1.33. The van der Waals surface area contributed by atoms with Crippen molar-refractivity contribution in [3.63, 3.8) is 0 Å². The molecule has 0 radical (unpaired) electrons. The molecule has 0 aliphatic carbocycles. The van der Waals surface area contributed by atoms with Gasteiger partial charge in [-0.05, 0) is 42.7 Å². The molecule has 0 aromatic heterocycles. The molecule has 2 rings (SSSR count). The first-order valence-electron chi connectivity index (χ1n) is 8.13. The molecule has 0 spiro atoms. The summed E-state index contributed by atoms with van der Waals surface area (Å²) in [7, 11) is 0. The largest absolute Gasteiger partial charge is 0.504 e. The number of carbonyl (C=O) groups is 2. The highest BCUT2D eigenvalue weighted by Gasteiger charge is 2.12. The second-order valence-electron chi connectivity index (χ2n) is 5.65. The Labute approximate surface area is 146 Å². The number of ether oxygens (including phenoxy) is 1. The fourth-order valence-corrected chi connectivity index (χ4v) is 2.33. The average Bonchev–Trinajstić information content (AvgIpc) is 2.58. The van der Waals surface area contributed by atoms with E-state index in [0.717, 1.165) is 31.2 Å². The summed E-state index contributed by atoms with van der Waals surface area (Å²) in [6, 6.07) is 11.6. The van der Waals surface area contributed by atoms with Crippen LogP contribution in [-0.2, 0) is 16.0 Å². The number of benzene rings is 2. The number of aromatic hydroxyl groups is 1. The SMILES string of the molecule is CCCCCc1ccc(Oc2cccc(NC(=O)C(=O)O)c2)c(O)c1. The van der Waals surface area contributed by atoms with Crippen molar-refractivity contribution in [2.24, 2.45) is 0 Å². The van der Waals surface area contributed by atoms with Crippen molar-refractivity contribution < 1.29 is 24.5 Å². The first-order valence-corrected chi connectivity index (χ1v) is 8.13. The number of rotatable bonds is 7. The highest BCUT2D eigenvalue weighted by atomic mass is 16.5. The van der Waals surface area contributed by atoms with E-state index in [1.54, 1.807) is 30.3 Å². The van der Waals surface area contributed by atoms with Crippen LogP contribution in [0.5, 0.6) is 17.2 Å². The molecule has 0 atom stereocenters. The Kier molecular flexibility index (Phi) is 6.39. The molecule has 0 bridgehead atoms.